The third-order valence-corrected chi connectivity index (χ3v) is 3.27. The van der Waals surface area contributed by atoms with Crippen molar-refractivity contribution in [2.24, 2.45) is 0 Å². The molecule has 0 bridgehead atoms. The van der Waals surface area contributed by atoms with E-state index in [-0.39, 0.29) is 5.91 Å². The molecule has 0 unspecified atom stereocenters. The molecule has 1 aromatic heterocycles. The third-order valence-electron chi connectivity index (χ3n) is 2.81. The fraction of sp³-hybridized carbons (Fsp3) is 0.214. The summed E-state index contributed by atoms with van der Waals surface area (Å²) in [6, 6.07) is 5.88. The Morgan fingerprint density at radius 3 is 2.28 bits per heavy atom. The first-order valence-corrected chi connectivity index (χ1v) is 6.50. The number of halogens is 1. The summed E-state index contributed by atoms with van der Waals surface area (Å²) in [4.78, 5) is 15.0. The van der Waals surface area contributed by atoms with Crippen LogP contribution in [0, 0.1) is 20.8 Å². The predicted molar refractivity (Wildman–Crippen MR) is 77.1 cm³/mol. The number of aryl methyl sites for hydroxylation is 3. The van der Waals surface area contributed by atoms with Crippen molar-refractivity contribution in [1.82, 2.24) is 4.98 Å². The Bertz CT molecular complexity index is 579. The number of hydrogen-bond donors (Lipinski definition) is 2. The van der Waals surface area contributed by atoms with Gasteiger partial charge < -0.3 is 10.3 Å². The molecule has 0 radical (unpaired) electrons. The summed E-state index contributed by atoms with van der Waals surface area (Å²) < 4.78 is 0.866. The van der Waals surface area contributed by atoms with Gasteiger partial charge in [0.2, 0.25) is 0 Å². The van der Waals surface area contributed by atoms with E-state index in [1.54, 1.807) is 12.3 Å². The molecule has 0 atom stereocenters. The summed E-state index contributed by atoms with van der Waals surface area (Å²) in [6.07, 6.45) is 1.74. The van der Waals surface area contributed by atoms with Gasteiger partial charge in [-0.25, -0.2) is 0 Å². The highest BCUT2D eigenvalue weighted by molar-refractivity contribution is 9.10. The van der Waals surface area contributed by atoms with Crippen LogP contribution in [0.5, 0.6) is 0 Å². The number of aromatic amines is 1. The average Bonchev–Trinajstić information content (AvgIpc) is 2.70. The van der Waals surface area contributed by atoms with Gasteiger partial charge >= 0.3 is 0 Å². The second kappa shape index (κ2) is 4.98. The Morgan fingerprint density at radius 1 is 1.17 bits per heavy atom. The van der Waals surface area contributed by atoms with Crippen LogP contribution in [-0.2, 0) is 0 Å². The van der Waals surface area contributed by atoms with Crippen LogP contribution in [0.2, 0.25) is 0 Å². The average molecular weight is 307 g/mol. The zero-order chi connectivity index (χ0) is 13.3. The van der Waals surface area contributed by atoms with Crippen molar-refractivity contribution in [1.29, 1.82) is 0 Å². The normalized spacial score (nSPS) is 10.4. The highest BCUT2D eigenvalue weighted by atomic mass is 79.9. The van der Waals surface area contributed by atoms with Gasteiger partial charge in [-0.15, -0.1) is 0 Å². The van der Waals surface area contributed by atoms with Gasteiger partial charge in [0.1, 0.15) is 5.69 Å². The lowest BCUT2D eigenvalue weighted by atomic mass is 10.1. The summed E-state index contributed by atoms with van der Waals surface area (Å²) in [6.45, 7) is 6.05. The molecule has 0 aliphatic rings. The van der Waals surface area contributed by atoms with Crippen molar-refractivity contribution in [2.75, 3.05) is 5.32 Å². The lowest BCUT2D eigenvalue weighted by molar-refractivity contribution is 0.102. The number of aromatic nitrogens is 1. The first kappa shape index (κ1) is 12.9. The zero-order valence-electron chi connectivity index (χ0n) is 10.6. The number of carbonyl (C=O) groups excluding carboxylic acids is 1. The number of anilines is 1. The Kier molecular flexibility index (Phi) is 3.57. The van der Waals surface area contributed by atoms with Gasteiger partial charge in [0, 0.05) is 16.4 Å². The molecule has 94 valence electrons. The largest absolute Gasteiger partial charge is 0.356 e. The number of rotatable bonds is 2. The molecule has 0 spiro atoms. The molecular weight excluding hydrogens is 292 g/mol. The van der Waals surface area contributed by atoms with Crippen molar-refractivity contribution < 1.29 is 4.79 Å². The molecular formula is C14H15BrN2O. The smallest absolute Gasteiger partial charge is 0.272 e. The van der Waals surface area contributed by atoms with Crippen molar-refractivity contribution in [3.8, 4) is 0 Å². The molecule has 4 heteroatoms. The van der Waals surface area contributed by atoms with E-state index in [0.29, 0.717) is 5.69 Å². The number of H-pyrrole nitrogens is 1. The van der Waals surface area contributed by atoms with E-state index >= 15 is 0 Å². The Labute approximate surface area is 115 Å². The van der Waals surface area contributed by atoms with Gasteiger partial charge in [-0.3, -0.25) is 4.79 Å². The highest BCUT2D eigenvalue weighted by Crippen LogP contribution is 2.22. The standard InChI is InChI=1S/C14H15BrN2O/c1-8-4-9(2)13(10(3)5-8)17-14(18)12-6-11(15)7-16-12/h4-7,16H,1-3H3,(H,17,18). The quantitative estimate of drug-likeness (QED) is 0.867. The van der Waals surface area contributed by atoms with Crippen LogP contribution in [-0.4, -0.2) is 10.9 Å². The van der Waals surface area contributed by atoms with Crippen LogP contribution >= 0.6 is 15.9 Å². The summed E-state index contributed by atoms with van der Waals surface area (Å²) in [7, 11) is 0. The number of nitrogens with one attached hydrogen (secondary N) is 2. The monoisotopic (exact) mass is 306 g/mol. The van der Waals surface area contributed by atoms with E-state index < -0.39 is 0 Å². The van der Waals surface area contributed by atoms with Crippen molar-refractivity contribution in [3.05, 3.63) is 51.3 Å². The van der Waals surface area contributed by atoms with Crippen LogP contribution in [0.25, 0.3) is 0 Å². The number of benzene rings is 1. The Morgan fingerprint density at radius 2 is 1.78 bits per heavy atom. The minimum absolute atomic E-state index is 0.129. The van der Waals surface area contributed by atoms with E-state index in [9.17, 15) is 4.79 Å². The molecule has 2 rings (SSSR count). The summed E-state index contributed by atoms with van der Waals surface area (Å²) in [5, 5.41) is 2.94. The van der Waals surface area contributed by atoms with Crippen LogP contribution in [0.3, 0.4) is 0 Å². The SMILES string of the molecule is Cc1cc(C)c(NC(=O)c2cc(Br)c[nH]2)c(C)c1. The van der Waals surface area contributed by atoms with E-state index in [0.717, 1.165) is 21.3 Å². The lowest BCUT2D eigenvalue weighted by Gasteiger charge is -2.12. The molecule has 0 saturated carbocycles. The minimum Gasteiger partial charge on any atom is -0.356 e. The lowest BCUT2D eigenvalue weighted by Crippen LogP contribution is -2.14. The van der Waals surface area contributed by atoms with Gasteiger partial charge in [-0.05, 0) is 53.9 Å². The molecule has 2 N–H and O–H groups in total. The van der Waals surface area contributed by atoms with Crippen molar-refractivity contribution >= 4 is 27.5 Å². The molecule has 1 amide bonds. The van der Waals surface area contributed by atoms with E-state index in [4.69, 9.17) is 0 Å². The summed E-state index contributed by atoms with van der Waals surface area (Å²) in [5.74, 6) is -0.129. The van der Waals surface area contributed by atoms with Crippen molar-refractivity contribution in [2.45, 2.75) is 20.8 Å². The van der Waals surface area contributed by atoms with E-state index in [1.807, 2.05) is 20.8 Å². The number of carbonyl (C=O) groups is 1. The molecule has 2 aromatic rings. The zero-order valence-corrected chi connectivity index (χ0v) is 12.2. The van der Waals surface area contributed by atoms with Gasteiger partial charge in [-0.1, -0.05) is 17.7 Å². The molecule has 3 nitrogen and oxygen atoms in total. The predicted octanol–water partition coefficient (Wildman–Crippen LogP) is 3.95. The van der Waals surface area contributed by atoms with Crippen LogP contribution in [0.4, 0.5) is 5.69 Å². The fourth-order valence-electron chi connectivity index (χ4n) is 2.06. The topological polar surface area (TPSA) is 44.9 Å². The third kappa shape index (κ3) is 2.64. The molecule has 1 aromatic carbocycles. The highest BCUT2D eigenvalue weighted by Gasteiger charge is 2.11. The molecule has 0 aliphatic heterocycles. The Balaban J connectivity index is 2.27. The molecule has 0 fully saturated rings. The van der Waals surface area contributed by atoms with E-state index in [1.165, 1.54) is 5.56 Å². The van der Waals surface area contributed by atoms with Crippen LogP contribution in [0.15, 0.2) is 28.9 Å². The van der Waals surface area contributed by atoms with Crippen LogP contribution < -0.4 is 5.32 Å². The molecule has 0 aliphatic carbocycles. The number of hydrogen-bond acceptors (Lipinski definition) is 1. The van der Waals surface area contributed by atoms with Gasteiger partial charge in [0.25, 0.3) is 5.91 Å². The summed E-state index contributed by atoms with van der Waals surface area (Å²) >= 11 is 3.31. The minimum atomic E-state index is -0.129. The van der Waals surface area contributed by atoms with E-state index in [2.05, 4.69) is 38.4 Å². The maximum atomic E-state index is 12.1. The van der Waals surface area contributed by atoms with Crippen molar-refractivity contribution in [3.63, 3.8) is 0 Å². The van der Waals surface area contributed by atoms with Crippen LogP contribution in [0.1, 0.15) is 27.2 Å². The Hall–Kier alpha value is -1.55. The molecule has 1 heterocycles. The first-order chi connectivity index (χ1) is 8.47. The maximum absolute atomic E-state index is 12.1. The van der Waals surface area contributed by atoms with Gasteiger partial charge in [0.15, 0.2) is 0 Å². The second-order valence-electron chi connectivity index (χ2n) is 4.46. The van der Waals surface area contributed by atoms with Gasteiger partial charge in [-0.2, -0.15) is 0 Å². The maximum Gasteiger partial charge on any atom is 0.272 e. The molecule has 0 saturated heterocycles. The number of amides is 1. The fourth-order valence-corrected chi connectivity index (χ4v) is 2.40. The second-order valence-corrected chi connectivity index (χ2v) is 5.38. The molecule has 18 heavy (non-hydrogen) atoms. The van der Waals surface area contributed by atoms with Gasteiger partial charge in [0.05, 0.1) is 0 Å². The first-order valence-electron chi connectivity index (χ1n) is 5.70. The summed E-state index contributed by atoms with van der Waals surface area (Å²) in [5.41, 5.74) is 4.78.